The predicted octanol–water partition coefficient (Wildman–Crippen LogP) is 3.97. The van der Waals surface area contributed by atoms with Crippen molar-refractivity contribution in [2.75, 3.05) is 0 Å². The molecular weight excluding hydrogens is 156 g/mol. The summed E-state index contributed by atoms with van der Waals surface area (Å²) in [6.07, 6.45) is 2.43. The van der Waals surface area contributed by atoms with Crippen LogP contribution < -0.4 is 0 Å². The smallest absolute Gasteiger partial charge is 0.0225 e. The van der Waals surface area contributed by atoms with Crippen LogP contribution in [0.15, 0.2) is 24.3 Å². The molecule has 0 unspecified atom stereocenters. The van der Waals surface area contributed by atoms with Crippen LogP contribution in [0.5, 0.6) is 0 Å². The van der Waals surface area contributed by atoms with Crippen LogP contribution in [0.2, 0.25) is 0 Å². The number of hydrogen-bond acceptors (Lipinski definition) is 0. The number of rotatable bonds is 3. The minimum Gasteiger partial charge on any atom is -0.0649 e. The summed E-state index contributed by atoms with van der Waals surface area (Å²) in [7, 11) is 0. The van der Waals surface area contributed by atoms with E-state index in [2.05, 4.69) is 52.0 Å². The highest BCUT2D eigenvalue weighted by Crippen LogP contribution is 2.26. The third-order valence-electron chi connectivity index (χ3n) is 2.89. The Morgan fingerprint density at radius 3 is 2.31 bits per heavy atom. The molecule has 1 rings (SSSR count). The highest BCUT2D eigenvalue weighted by atomic mass is 14.2. The van der Waals surface area contributed by atoms with Gasteiger partial charge >= 0.3 is 0 Å². The summed E-state index contributed by atoms with van der Waals surface area (Å²) in [4.78, 5) is 0. The summed E-state index contributed by atoms with van der Waals surface area (Å²) < 4.78 is 0. The third kappa shape index (κ3) is 2.87. The van der Waals surface area contributed by atoms with Gasteiger partial charge < -0.3 is 0 Å². The highest BCUT2D eigenvalue weighted by Gasteiger charge is 2.16. The van der Waals surface area contributed by atoms with Crippen LogP contribution in [0.4, 0.5) is 0 Å². The zero-order valence-corrected chi connectivity index (χ0v) is 9.22. The molecule has 0 fully saturated rings. The second-order valence-electron chi connectivity index (χ2n) is 4.62. The maximum absolute atomic E-state index is 2.33. The lowest BCUT2D eigenvalue weighted by Crippen LogP contribution is -2.13. The molecule has 0 spiro atoms. The molecule has 0 aliphatic heterocycles. The molecule has 13 heavy (non-hydrogen) atoms. The summed E-state index contributed by atoms with van der Waals surface area (Å²) in [5, 5.41) is 0. The lowest BCUT2D eigenvalue weighted by Gasteiger charge is -2.23. The third-order valence-corrected chi connectivity index (χ3v) is 2.89. The van der Waals surface area contributed by atoms with E-state index in [1.54, 1.807) is 0 Å². The van der Waals surface area contributed by atoms with Gasteiger partial charge in [-0.25, -0.2) is 0 Å². The van der Waals surface area contributed by atoms with E-state index in [1.807, 2.05) is 0 Å². The molecule has 72 valence electrons. The fourth-order valence-electron chi connectivity index (χ4n) is 1.45. The van der Waals surface area contributed by atoms with E-state index in [-0.39, 0.29) is 0 Å². The Hall–Kier alpha value is -0.780. The van der Waals surface area contributed by atoms with Gasteiger partial charge in [0.15, 0.2) is 0 Å². The Kier molecular flexibility index (Phi) is 3.13. The van der Waals surface area contributed by atoms with Gasteiger partial charge in [0.1, 0.15) is 0 Å². The average Bonchev–Trinajstić information content (AvgIpc) is 2.09. The fourth-order valence-corrected chi connectivity index (χ4v) is 1.45. The van der Waals surface area contributed by atoms with Gasteiger partial charge in [-0.2, -0.15) is 0 Å². The maximum atomic E-state index is 2.33. The lowest BCUT2D eigenvalue weighted by atomic mass is 9.82. The molecule has 0 aromatic heterocycles. The van der Waals surface area contributed by atoms with Gasteiger partial charge in [-0.3, -0.25) is 0 Å². The van der Waals surface area contributed by atoms with Gasteiger partial charge in [-0.1, -0.05) is 51.5 Å². The molecule has 1 aromatic rings. The second-order valence-corrected chi connectivity index (χ2v) is 4.62. The van der Waals surface area contributed by atoms with E-state index < -0.39 is 0 Å². The van der Waals surface area contributed by atoms with Gasteiger partial charge in [0.25, 0.3) is 0 Å². The zero-order chi connectivity index (χ0) is 9.90. The van der Waals surface area contributed by atoms with Gasteiger partial charge in [0.05, 0.1) is 0 Å². The molecule has 0 saturated heterocycles. The molecule has 0 heteroatoms. The van der Waals surface area contributed by atoms with Crippen LogP contribution >= 0.6 is 0 Å². The summed E-state index contributed by atoms with van der Waals surface area (Å²) in [5.41, 5.74) is 3.35. The van der Waals surface area contributed by atoms with Crippen LogP contribution in [0, 0.1) is 12.3 Å². The molecule has 0 aliphatic carbocycles. The van der Waals surface area contributed by atoms with Crippen molar-refractivity contribution in [2.24, 2.45) is 5.41 Å². The highest BCUT2D eigenvalue weighted by molar-refractivity contribution is 5.26. The molecule has 0 atom stereocenters. The zero-order valence-electron chi connectivity index (χ0n) is 9.22. The van der Waals surface area contributed by atoms with Crippen LogP contribution in [0.1, 0.15) is 38.3 Å². The molecule has 0 aliphatic rings. The Labute approximate surface area is 82.0 Å². The van der Waals surface area contributed by atoms with Crippen LogP contribution in [0.25, 0.3) is 0 Å². The Morgan fingerprint density at radius 1 is 1.15 bits per heavy atom. The molecule has 0 saturated carbocycles. The normalized spacial score (nSPS) is 11.7. The van der Waals surface area contributed by atoms with Crippen LogP contribution in [0.3, 0.4) is 0 Å². The summed E-state index contributed by atoms with van der Waals surface area (Å²) in [6.45, 7) is 9.12. The minimum atomic E-state index is 0.437. The molecule has 0 nitrogen and oxygen atoms in total. The quantitative estimate of drug-likeness (QED) is 0.653. The van der Waals surface area contributed by atoms with Gasteiger partial charge in [0, 0.05) is 0 Å². The maximum Gasteiger partial charge on any atom is -0.0225 e. The lowest BCUT2D eigenvalue weighted by molar-refractivity contribution is 0.348. The fraction of sp³-hybridized carbons (Fsp3) is 0.538. The number of hydrogen-bond donors (Lipinski definition) is 0. The van der Waals surface area contributed by atoms with E-state index in [0.717, 1.165) is 0 Å². The predicted molar refractivity (Wildman–Crippen MR) is 59.0 cm³/mol. The SMILES string of the molecule is CCC(C)(C)Cc1ccccc1C. The van der Waals surface area contributed by atoms with Crippen molar-refractivity contribution in [3.63, 3.8) is 0 Å². The standard InChI is InChI=1S/C13H20/c1-5-13(3,4)10-12-9-7-6-8-11(12)2/h6-9H,5,10H2,1-4H3. The van der Waals surface area contributed by atoms with Crippen molar-refractivity contribution in [1.82, 2.24) is 0 Å². The summed E-state index contributed by atoms with van der Waals surface area (Å²) >= 11 is 0. The van der Waals surface area contributed by atoms with Crippen molar-refractivity contribution in [3.8, 4) is 0 Å². The number of benzene rings is 1. The first kappa shape index (κ1) is 10.3. The van der Waals surface area contributed by atoms with E-state index in [0.29, 0.717) is 5.41 Å². The molecule has 0 N–H and O–H groups in total. The molecule has 0 amide bonds. The van der Waals surface area contributed by atoms with E-state index in [1.165, 1.54) is 24.0 Å². The summed E-state index contributed by atoms with van der Waals surface area (Å²) in [5.74, 6) is 0. The van der Waals surface area contributed by atoms with Crippen LogP contribution in [-0.2, 0) is 6.42 Å². The van der Waals surface area contributed by atoms with E-state index in [4.69, 9.17) is 0 Å². The van der Waals surface area contributed by atoms with Crippen molar-refractivity contribution in [3.05, 3.63) is 35.4 Å². The first-order valence-corrected chi connectivity index (χ1v) is 5.10. The molecule has 0 radical (unpaired) electrons. The van der Waals surface area contributed by atoms with Crippen molar-refractivity contribution >= 4 is 0 Å². The first-order valence-electron chi connectivity index (χ1n) is 5.10. The topological polar surface area (TPSA) is 0 Å². The first-order chi connectivity index (χ1) is 6.05. The van der Waals surface area contributed by atoms with E-state index >= 15 is 0 Å². The van der Waals surface area contributed by atoms with Crippen molar-refractivity contribution < 1.29 is 0 Å². The van der Waals surface area contributed by atoms with Gasteiger partial charge in [-0.15, -0.1) is 0 Å². The minimum absolute atomic E-state index is 0.437. The molecular formula is C13H20. The molecule has 0 bridgehead atoms. The second kappa shape index (κ2) is 3.95. The molecule has 1 aromatic carbocycles. The van der Waals surface area contributed by atoms with Crippen LogP contribution in [-0.4, -0.2) is 0 Å². The Morgan fingerprint density at radius 2 is 1.77 bits per heavy atom. The average molecular weight is 176 g/mol. The van der Waals surface area contributed by atoms with Crippen molar-refractivity contribution in [1.29, 1.82) is 0 Å². The van der Waals surface area contributed by atoms with Gasteiger partial charge in [-0.05, 0) is 29.9 Å². The molecule has 0 heterocycles. The number of aryl methyl sites for hydroxylation is 1. The monoisotopic (exact) mass is 176 g/mol. The summed E-state index contributed by atoms with van der Waals surface area (Å²) in [6, 6.07) is 8.68. The van der Waals surface area contributed by atoms with Crippen molar-refractivity contribution in [2.45, 2.75) is 40.5 Å². The van der Waals surface area contributed by atoms with E-state index in [9.17, 15) is 0 Å². The Bertz CT molecular complexity index is 271. The van der Waals surface area contributed by atoms with Gasteiger partial charge in [0.2, 0.25) is 0 Å². The largest absolute Gasteiger partial charge is 0.0649 e. The Balaban J connectivity index is 2.80.